The first kappa shape index (κ1) is 17.1. The predicted octanol–water partition coefficient (Wildman–Crippen LogP) is 4.61. The molecule has 0 aromatic heterocycles. The first-order chi connectivity index (χ1) is 12.1. The Bertz CT molecular complexity index is 775. The van der Waals surface area contributed by atoms with Crippen molar-refractivity contribution < 1.29 is 10.2 Å². The van der Waals surface area contributed by atoms with Gasteiger partial charge in [0.1, 0.15) is 11.5 Å². The van der Waals surface area contributed by atoms with Crippen LogP contribution >= 0.6 is 0 Å². The Balaban J connectivity index is 1.85. The van der Waals surface area contributed by atoms with Crippen LogP contribution in [0.2, 0.25) is 0 Å². The average molecular weight is 333 g/mol. The van der Waals surface area contributed by atoms with E-state index in [2.05, 4.69) is 29.2 Å². The van der Waals surface area contributed by atoms with Crippen molar-refractivity contribution in [3.8, 4) is 11.5 Å². The van der Waals surface area contributed by atoms with Crippen LogP contribution in [0.1, 0.15) is 22.3 Å². The fourth-order valence-corrected chi connectivity index (χ4v) is 3.04. The Labute approximate surface area is 148 Å². The van der Waals surface area contributed by atoms with E-state index in [0.717, 1.165) is 18.7 Å². The van der Waals surface area contributed by atoms with E-state index < -0.39 is 0 Å². The zero-order valence-corrected chi connectivity index (χ0v) is 14.4. The second-order valence-corrected chi connectivity index (χ2v) is 6.39. The summed E-state index contributed by atoms with van der Waals surface area (Å²) in [5, 5.41) is 20.2. The van der Waals surface area contributed by atoms with E-state index in [4.69, 9.17) is 0 Å². The van der Waals surface area contributed by atoms with Crippen molar-refractivity contribution in [1.29, 1.82) is 0 Å². The molecule has 3 aromatic rings. The number of nitrogens with zero attached hydrogens (tertiary/aromatic N) is 1. The zero-order valence-electron chi connectivity index (χ0n) is 14.4. The molecule has 0 radical (unpaired) electrons. The molecule has 0 fully saturated rings. The molecular formula is C22H23NO2. The third kappa shape index (κ3) is 4.61. The SMILES string of the molecule is Cc1cc(O)cc(CN(Cc2ccccc2)Cc2ccccc2)c1O. The summed E-state index contributed by atoms with van der Waals surface area (Å²) in [7, 11) is 0. The molecule has 3 rings (SSSR count). The van der Waals surface area contributed by atoms with Gasteiger partial charge in [0.25, 0.3) is 0 Å². The third-order valence-corrected chi connectivity index (χ3v) is 4.26. The Morgan fingerprint density at radius 3 is 1.76 bits per heavy atom. The maximum absolute atomic E-state index is 10.4. The van der Waals surface area contributed by atoms with Crippen LogP contribution in [0.4, 0.5) is 0 Å². The number of phenolic OH excluding ortho intramolecular Hbond substituents is 2. The number of hydrogen-bond donors (Lipinski definition) is 2. The molecule has 0 heterocycles. The molecule has 0 spiro atoms. The van der Waals surface area contributed by atoms with Crippen molar-refractivity contribution in [2.24, 2.45) is 0 Å². The van der Waals surface area contributed by atoms with Gasteiger partial charge in [0, 0.05) is 25.2 Å². The molecule has 0 aliphatic carbocycles. The highest BCUT2D eigenvalue weighted by Gasteiger charge is 2.13. The van der Waals surface area contributed by atoms with Gasteiger partial charge in [-0.3, -0.25) is 4.90 Å². The number of rotatable bonds is 6. The molecule has 0 aliphatic rings. The van der Waals surface area contributed by atoms with E-state index in [1.165, 1.54) is 11.1 Å². The minimum atomic E-state index is 0.185. The Hall–Kier alpha value is -2.78. The van der Waals surface area contributed by atoms with Gasteiger partial charge in [0.05, 0.1) is 0 Å². The fraction of sp³-hybridized carbons (Fsp3) is 0.182. The van der Waals surface area contributed by atoms with Crippen LogP contribution < -0.4 is 0 Å². The number of hydrogen-bond acceptors (Lipinski definition) is 3. The lowest BCUT2D eigenvalue weighted by Gasteiger charge is -2.24. The molecule has 128 valence electrons. The van der Waals surface area contributed by atoms with Crippen LogP contribution in [0, 0.1) is 6.92 Å². The molecule has 0 bridgehead atoms. The van der Waals surface area contributed by atoms with Gasteiger partial charge in [0.2, 0.25) is 0 Å². The van der Waals surface area contributed by atoms with E-state index in [-0.39, 0.29) is 11.5 Å². The van der Waals surface area contributed by atoms with Gasteiger partial charge in [-0.25, -0.2) is 0 Å². The van der Waals surface area contributed by atoms with Gasteiger partial charge in [0.15, 0.2) is 0 Å². The van der Waals surface area contributed by atoms with E-state index >= 15 is 0 Å². The molecule has 3 nitrogen and oxygen atoms in total. The maximum atomic E-state index is 10.4. The van der Waals surface area contributed by atoms with Gasteiger partial charge < -0.3 is 10.2 Å². The highest BCUT2D eigenvalue weighted by Crippen LogP contribution is 2.29. The van der Waals surface area contributed by atoms with Gasteiger partial charge >= 0.3 is 0 Å². The molecule has 3 heteroatoms. The summed E-state index contributed by atoms with van der Waals surface area (Å²) in [5.74, 6) is 0.439. The van der Waals surface area contributed by atoms with E-state index in [9.17, 15) is 10.2 Å². The molecule has 0 unspecified atom stereocenters. The molecule has 0 saturated carbocycles. The van der Waals surface area contributed by atoms with Crippen molar-refractivity contribution in [3.63, 3.8) is 0 Å². The minimum Gasteiger partial charge on any atom is -0.508 e. The van der Waals surface area contributed by atoms with Crippen LogP contribution in [-0.2, 0) is 19.6 Å². The summed E-state index contributed by atoms with van der Waals surface area (Å²) in [4.78, 5) is 2.26. The third-order valence-electron chi connectivity index (χ3n) is 4.26. The van der Waals surface area contributed by atoms with Crippen molar-refractivity contribution in [2.75, 3.05) is 0 Å². The van der Waals surface area contributed by atoms with Gasteiger partial charge in [-0.2, -0.15) is 0 Å². The maximum Gasteiger partial charge on any atom is 0.123 e. The Morgan fingerprint density at radius 2 is 1.24 bits per heavy atom. The molecule has 0 atom stereocenters. The Morgan fingerprint density at radius 1 is 0.720 bits per heavy atom. The molecule has 3 aromatic carbocycles. The highest BCUT2D eigenvalue weighted by atomic mass is 16.3. The van der Waals surface area contributed by atoms with Crippen LogP contribution in [0.15, 0.2) is 72.8 Å². The zero-order chi connectivity index (χ0) is 17.6. The second-order valence-electron chi connectivity index (χ2n) is 6.39. The first-order valence-electron chi connectivity index (χ1n) is 8.43. The fourth-order valence-electron chi connectivity index (χ4n) is 3.04. The molecule has 0 amide bonds. The summed E-state index contributed by atoms with van der Waals surface area (Å²) in [6.45, 7) is 3.90. The monoisotopic (exact) mass is 333 g/mol. The quantitative estimate of drug-likeness (QED) is 0.648. The van der Waals surface area contributed by atoms with Crippen molar-refractivity contribution in [2.45, 2.75) is 26.6 Å². The number of aryl methyl sites for hydroxylation is 1. The average Bonchev–Trinajstić information content (AvgIpc) is 2.61. The number of benzene rings is 3. The van der Waals surface area contributed by atoms with Crippen LogP contribution in [0.3, 0.4) is 0 Å². The summed E-state index contributed by atoms with van der Waals surface area (Å²) >= 11 is 0. The predicted molar refractivity (Wildman–Crippen MR) is 100 cm³/mol. The molecule has 25 heavy (non-hydrogen) atoms. The highest BCUT2D eigenvalue weighted by molar-refractivity contribution is 5.45. The summed E-state index contributed by atoms with van der Waals surface area (Å²) < 4.78 is 0. The van der Waals surface area contributed by atoms with Crippen LogP contribution in [-0.4, -0.2) is 15.1 Å². The smallest absolute Gasteiger partial charge is 0.123 e. The number of aromatic hydroxyl groups is 2. The van der Waals surface area contributed by atoms with E-state index in [1.54, 1.807) is 19.1 Å². The number of phenols is 2. The van der Waals surface area contributed by atoms with Crippen molar-refractivity contribution >= 4 is 0 Å². The van der Waals surface area contributed by atoms with E-state index in [1.807, 2.05) is 36.4 Å². The van der Waals surface area contributed by atoms with E-state index in [0.29, 0.717) is 12.1 Å². The lowest BCUT2D eigenvalue weighted by Crippen LogP contribution is -2.22. The molecule has 0 saturated heterocycles. The normalized spacial score (nSPS) is 11.0. The van der Waals surface area contributed by atoms with Gasteiger partial charge in [-0.05, 0) is 35.7 Å². The topological polar surface area (TPSA) is 43.7 Å². The lowest BCUT2D eigenvalue weighted by atomic mass is 10.1. The van der Waals surface area contributed by atoms with Gasteiger partial charge in [-0.1, -0.05) is 60.7 Å². The molecule has 0 aliphatic heterocycles. The van der Waals surface area contributed by atoms with Gasteiger partial charge in [-0.15, -0.1) is 0 Å². The van der Waals surface area contributed by atoms with Crippen LogP contribution in [0.5, 0.6) is 11.5 Å². The summed E-state index contributed by atoms with van der Waals surface area (Å²) in [5.41, 5.74) is 3.86. The Kier molecular flexibility index (Phi) is 5.36. The summed E-state index contributed by atoms with van der Waals surface area (Å²) in [6.07, 6.45) is 0. The van der Waals surface area contributed by atoms with Crippen molar-refractivity contribution in [1.82, 2.24) is 4.90 Å². The second kappa shape index (κ2) is 7.86. The van der Waals surface area contributed by atoms with Crippen LogP contribution in [0.25, 0.3) is 0 Å². The molecule has 2 N–H and O–H groups in total. The minimum absolute atomic E-state index is 0.185. The first-order valence-corrected chi connectivity index (χ1v) is 8.43. The largest absolute Gasteiger partial charge is 0.508 e. The van der Waals surface area contributed by atoms with Crippen molar-refractivity contribution in [3.05, 3.63) is 95.1 Å². The standard InChI is InChI=1S/C22H23NO2/c1-17-12-21(24)13-20(22(17)25)16-23(14-18-8-4-2-5-9-18)15-19-10-6-3-7-11-19/h2-13,24-25H,14-16H2,1H3. The lowest BCUT2D eigenvalue weighted by molar-refractivity contribution is 0.244. The molecular weight excluding hydrogens is 310 g/mol. The summed E-state index contributed by atoms with van der Waals surface area (Å²) in [6, 6.07) is 23.8.